The Morgan fingerprint density at radius 1 is 1.31 bits per heavy atom. The third kappa shape index (κ3) is 5.89. The number of carbonyl (C=O) groups excluding carboxylic acids is 2. The molecule has 1 heterocycles. The summed E-state index contributed by atoms with van der Waals surface area (Å²) in [6.45, 7) is 4.34. The lowest BCUT2D eigenvalue weighted by atomic mass is 10.2. The summed E-state index contributed by atoms with van der Waals surface area (Å²) in [6, 6.07) is 10.5. The molecule has 0 saturated carbocycles. The molecule has 0 bridgehead atoms. The van der Waals surface area contributed by atoms with E-state index < -0.39 is 5.91 Å². The zero-order valence-corrected chi connectivity index (χ0v) is 15.2. The molecule has 0 aliphatic rings. The molecular formula is C19H20ClN3O3. The SMILES string of the molecule is C=CCOc1ccc(CN(C)C(=O)CNC(=O)c2cc(Cl)ccn2)cc1. The van der Waals surface area contributed by atoms with E-state index in [4.69, 9.17) is 16.3 Å². The number of aromatic nitrogens is 1. The second-order valence-corrected chi connectivity index (χ2v) is 5.97. The number of likely N-dealkylation sites (N-methyl/N-ethyl adjacent to an activating group) is 1. The van der Waals surface area contributed by atoms with Gasteiger partial charge in [0.1, 0.15) is 18.1 Å². The van der Waals surface area contributed by atoms with Crippen molar-refractivity contribution >= 4 is 23.4 Å². The Bertz CT molecular complexity index is 778. The van der Waals surface area contributed by atoms with E-state index in [0.29, 0.717) is 18.2 Å². The number of nitrogens with one attached hydrogen (secondary N) is 1. The number of nitrogens with zero attached hydrogens (tertiary/aromatic N) is 2. The van der Waals surface area contributed by atoms with E-state index >= 15 is 0 Å². The van der Waals surface area contributed by atoms with E-state index in [1.54, 1.807) is 19.2 Å². The Balaban J connectivity index is 1.83. The number of halogens is 1. The van der Waals surface area contributed by atoms with E-state index in [-0.39, 0.29) is 18.1 Å². The predicted octanol–water partition coefficient (Wildman–Crippen LogP) is 2.69. The highest BCUT2D eigenvalue weighted by molar-refractivity contribution is 6.30. The van der Waals surface area contributed by atoms with E-state index in [1.807, 2.05) is 24.3 Å². The zero-order chi connectivity index (χ0) is 18.9. The number of carbonyl (C=O) groups is 2. The lowest BCUT2D eigenvalue weighted by Gasteiger charge is -2.18. The van der Waals surface area contributed by atoms with Crippen LogP contribution in [-0.4, -0.2) is 41.9 Å². The number of pyridine rings is 1. The number of amides is 2. The van der Waals surface area contributed by atoms with Crippen molar-refractivity contribution in [3.05, 3.63) is 71.5 Å². The Labute approximate surface area is 157 Å². The summed E-state index contributed by atoms with van der Waals surface area (Å²) < 4.78 is 5.42. The minimum Gasteiger partial charge on any atom is -0.490 e. The van der Waals surface area contributed by atoms with E-state index in [1.165, 1.54) is 17.2 Å². The number of hydrogen-bond donors (Lipinski definition) is 1. The monoisotopic (exact) mass is 373 g/mol. The minimum atomic E-state index is -0.446. The van der Waals surface area contributed by atoms with Gasteiger partial charge in [0.2, 0.25) is 5.91 Å². The molecule has 2 amide bonds. The molecule has 6 nitrogen and oxygen atoms in total. The van der Waals surface area contributed by atoms with Gasteiger partial charge >= 0.3 is 0 Å². The first-order valence-corrected chi connectivity index (χ1v) is 8.33. The van der Waals surface area contributed by atoms with Gasteiger partial charge in [-0.3, -0.25) is 14.6 Å². The molecule has 2 rings (SSSR count). The van der Waals surface area contributed by atoms with Crippen LogP contribution in [0.2, 0.25) is 5.02 Å². The maximum atomic E-state index is 12.2. The Morgan fingerprint density at radius 2 is 2.04 bits per heavy atom. The quantitative estimate of drug-likeness (QED) is 0.722. The van der Waals surface area contributed by atoms with Crippen molar-refractivity contribution in [1.29, 1.82) is 0 Å². The summed E-state index contributed by atoms with van der Waals surface area (Å²) in [7, 11) is 1.67. The van der Waals surface area contributed by atoms with Gasteiger partial charge in [-0.1, -0.05) is 36.4 Å². The minimum absolute atomic E-state index is 0.121. The van der Waals surface area contributed by atoms with Crippen molar-refractivity contribution in [2.24, 2.45) is 0 Å². The van der Waals surface area contributed by atoms with E-state index in [9.17, 15) is 9.59 Å². The fourth-order valence-corrected chi connectivity index (χ4v) is 2.28. The molecule has 0 atom stereocenters. The van der Waals surface area contributed by atoms with Crippen molar-refractivity contribution < 1.29 is 14.3 Å². The van der Waals surface area contributed by atoms with Gasteiger partial charge in [-0.25, -0.2) is 0 Å². The molecule has 0 unspecified atom stereocenters. The molecule has 136 valence electrons. The van der Waals surface area contributed by atoms with Crippen LogP contribution in [0, 0.1) is 0 Å². The predicted molar refractivity (Wildman–Crippen MR) is 100 cm³/mol. The standard InChI is InChI=1S/C19H20ClN3O3/c1-3-10-26-16-6-4-14(5-7-16)13-23(2)18(24)12-22-19(25)17-11-15(20)8-9-21-17/h3-9,11H,1,10,12-13H2,2H3,(H,22,25). The summed E-state index contributed by atoms with van der Waals surface area (Å²) in [5, 5.41) is 2.96. The van der Waals surface area contributed by atoms with Crippen LogP contribution in [-0.2, 0) is 11.3 Å². The van der Waals surface area contributed by atoms with Gasteiger partial charge in [-0.05, 0) is 29.8 Å². The van der Waals surface area contributed by atoms with Crippen LogP contribution in [0.15, 0.2) is 55.3 Å². The molecule has 26 heavy (non-hydrogen) atoms. The average Bonchev–Trinajstić information content (AvgIpc) is 2.65. The van der Waals surface area contributed by atoms with Crippen molar-refractivity contribution in [2.75, 3.05) is 20.2 Å². The van der Waals surface area contributed by atoms with E-state index in [0.717, 1.165) is 11.3 Å². The third-order valence-corrected chi connectivity index (χ3v) is 3.73. The third-order valence-electron chi connectivity index (χ3n) is 3.49. The van der Waals surface area contributed by atoms with Crippen LogP contribution >= 0.6 is 11.6 Å². The molecule has 7 heteroatoms. The number of ether oxygens (including phenoxy) is 1. The Morgan fingerprint density at radius 3 is 2.69 bits per heavy atom. The molecule has 0 saturated heterocycles. The molecule has 1 aromatic carbocycles. The lowest BCUT2D eigenvalue weighted by Crippen LogP contribution is -2.38. The van der Waals surface area contributed by atoms with Crippen molar-refractivity contribution in [3.8, 4) is 5.75 Å². The van der Waals surface area contributed by atoms with Gasteiger partial charge in [-0.2, -0.15) is 0 Å². The average molecular weight is 374 g/mol. The first-order valence-electron chi connectivity index (χ1n) is 7.96. The largest absolute Gasteiger partial charge is 0.490 e. The number of benzene rings is 1. The first kappa shape index (κ1) is 19.5. The summed E-state index contributed by atoms with van der Waals surface area (Å²) in [5.74, 6) is 0.0780. The Hall–Kier alpha value is -2.86. The van der Waals surface area contributed by atoms with Gasteiger partial charge in [0.15, 0.2) is 0 Å². The maximum Gasteiger partial charge on any atom is 0.270 e. The van der Waals surface area contributed by atoms with Crippen molar-refractivity contribution in [2.45, 2.75) is 6.54 Å². The molecule has 0 radical (unpaired) electrons. The molecule has 0 spiro atoms. The van der Waals surface area contributed by atoms with Crippen LogP contribution in [0.25, 0.3) is 0 Å². The maximum absolute atomic E-state index is 12.2. The summed E-state index contributed by atoms with van der Waals surface area (Å²) in [5.41, 5.74) is 1.12. The molecular weight excluding hydrogens is 354 g/mol. The summed E-state index contributed by atoms with van der Waals surface area (Å²) in [6.07, 6.45) is 3.11. The number of hydrogen-bond acceptors (Lipinski definition) is 4. The summed E-state index contributed by atoms with van der Waals surface area (Å²) >= 11 is 5.82. The normalized spacial score (nSPS) is 10.1. The highest BCUT2D eigenvalue weighted by atomic mass is 35.5. The molecule has 0 aliphatic carbocycles. The second-order valence-electron chi connectivity index (χ2n) is 5.54. The molecule has 0 fully saturated rings. The zero-order valence-electron chi connectivity index (χ0n) is 14.4. The van der Waals surface area contributed by atoms with Gasteiger partial charge in [0, 0.05) is 24.8 Å². The van der Waals surface area contributed by atoms with Gasteiger partial charge in [0.25, 0.3) is 5.91 Å². The number of rotatable bonds is 8. The van der Waals surface area contributed by atoms with E-state index in [2.05, 4.69) is 16.9 Å². The van der Waals surface area contributed by atoms with Crippen LogP contribution in [0.3, 0.4) is 0 Å². The highest BCUT2D eigenvalue weighted by Gasteiger charge is 2.13. The molecule has 2 aromatic rings. The fourth-order valence-electron chi connectivity index (χ4n) is 2.12. The van der Waals surface area contributed by atoms with Crippen LogP contribution in [0.4, 0.5) is 0 Å². The van der Waals surface area contributed by atoms with Crippen molar-refractivity contribution in [1.82, 2.24) is 15.2 Å². The molecule has 1 N–H and O–H groups in total. The smallest absolute Gasteiger partial charge is 0.270 e. The topological polar surface area (TPSA) is 71.5 Å². The van der Waals surface area contributed by atoms with Crippen LogP contribution in [0.5, 0.6) is 5.75 Å². The van der Waals surface area contributed by atoms with Crippen molar-refractivity contribution in [3.63, 3.8) is 0 Å². The first-order chi connectivity index (χ1) is 12.5. The van der Waals surface area contributed by atoms with Crippen LogP contribution in [0.1, 0.15) is 16.1 Å². The fraction of sp³-hybridized carbons (Fsp3) is 0.211. The highest BCUT2D eigenvalue weighted by Crippen LogP contribution is 2.13. The lowest BCUT2D eigenvalue weighted by molar-refractivity contribution is -0.129. The molecule has 0 aliphatic heterocycles. The Kier molecular flexibility index (Phi) is 7.17. The van der Waals surface area contributed by atoms with Gasteiger partial charge in [0.05, 0.1) is 6.54 Å². The van der Waals surface area contributed by atoms with Crippen LogP contribution < -0.4 is 10.1 Å². The van der Waals surface area contributed by atoms with Gasteiger partial charge < -0.3 is 15.0 Å². The van der Waals surface area contributed by atoms with Gasteiger partial charge in [-0.15, -0.1) is 0 Å². The second kappa shape index (κ2) is 9.58. The molecule has 1 aromatic heterocycles. The summed E-state index contributed by atoms with van der Waals surface area (Å²) in [4.78, 5) is 29.6.